The predicted octanol–water partition coefficient (Wildman–Crippen LogP) is 3.30. The molecule has 0 aliphatic heterocycles. The summed E-state index contributed by atoms with van der Waals surface area (Å²) in [6.45, 7) is 6.26. The third kappa shape index (κ3) is 1.95. The van der Waals surface area contributed by atoms with Crippen molar-refractivity contribution in [2.75, 3.05) is 12.4 Å². The van der Waals surface area contributed by atoms with Gasteiger partial charge in [-0.1, -0.05) is 36.4 Å². The van der Waals surface area contributed by atoms with Crippen molar-refractivity contribution >= 4 is 22.5 Å². The zero-order chi connectivity index (χ0) is 14.1. The molecular formula is C16H16N4. The predicted molar refractivity (Wildman–Crippen MR) is 82.7 cm³/mol. The molecule has 0 aliphatic carbocycles. The number of hydrogen-bond donors (Lipinski definition) is 1. The maximum Gasteiger partial charge on any atom is 0.150 e. The summed E-state index contributed by atoms with van der Waals surface area (Å²) in [7, 11) is 1.86. The van der Waals surface area contributed by atoms with Crippen molar-refractivity contribution < 1.29 is 0 Å². The van der Waals surface area contributed by atoms with Gasteiger partial charge in [0.1, 0.15) is 17.8 Å². The van der Waals surface area contributed by atoms with Gasteiger partial charge >= 0.3 is 0 Å². The molecular weight excluding hydrogens is 248 g/mol. The molecule has 0 unspecified atom stereocenters. The van der Waals surface area contributed by atoms with E-state index in [4.69, 9.17) is 0 Å². The quantitative estimate of drug-likeness (QED) is 0.789. The van der Waals surface area contributed by atoms with E-state index in [0.29, 0.717) is 0 Å². The standard InChI is InChI=1S/C16H16N4/c1-11-4-6-13(7-5-11)12(2)20-9-8-14-15(17-3)18-10-19-16(14)20/h4-10H,2H2,1,3H3,(H,17,18,19). The lowest BCUT2D eigenvalue weighted by atomic mass is 10.1. The van der Waals surface area contributed by atoms with Gasteiger partial charge in [-0.05, 0) is 18.6 Å². The van der Waals surface area contributed by atoms with Crippen molar-refractivity contribution in [1.29, 1.82) is 0 Å². The molecule has 0 saturated carbocycles. The summed E-state index contributed by atoms with van der Waals surface area (Å²) in [6.07, 6.45) is 3.54. The van der Waals surface area contributed by atoms with E-state index in [0.717, 1.165) is 28.1 Å². The van der Waals surface area contributed by atoms with Crippen LogP contribution in [0, 0.1) is 6.92 Å². The Morgan fingerprint density at radius 2 is 1.90 bits per heavy atom. The van der Waals surface area contributed by atoms with Crippen LogP contribution in [0.4, 0.5) is 5.82 Å². The van der Waals surface area contributed by atoms with E-state index in [1.54, 1.807) is 6.33 Å². The Bertz CT molecular complexity index is 769. The van der Waals surface area contributed by atoms with Gasteiger partial charge in [-0.3, -0.25) is 0 Å². The second-order valence-electron chi connectivity index (χ2n) is 4.71. The highest BCUT2D eigenvalue weighted by atomic mass is 15.1. The van der Waals surface area contributed by atoms with Gasteiger partial charge in [0, 0.05) is 18.9 Å². The van der Waals surface area contributed by atoms with Crippen LogP contribution in [0.2, 0.25) is 0 Å². The normalized spacial score (nSPS) is 10.7. The first kappa shape index (κ1) is 12.4. The Morgan fingerprint density at radius 3 is 2.60 bits per heavy atom. The summed E-state index contributed by atoms with van der Waals surface area (Å²) in [5.74, 6) is 0.824. The topological polar surface area (TPSA) is 42.7 Å². The van der Waals surface area contributed by atoms with Crippen LogP contribution in [-0.2, 0) is 0 Å². The smallest absolute Gasteiger partial charge is 0.150 e. The van der Waals surface area contributed by atoms with Gasteiger partial charge in [0.2, 0.25) is 0 Å². The van der Waals surface area contributed by atoms with Crippen LogP contribution in [0.3, 0.4) is 0 Å². The maximum absolute atomic E-state index is 4.36. The molecule has 0 atom stereocenters. The summed E-state index contributed by atoms with van der Waals surface area (Å²) >= 11 is 0. The van der Waals surface area contributed by atoms with Crippen molar-refractivity contribution in [2.45, 2.75) is 6.92 Å². The first-order valence-electron chi connectivity index (χ1n) is 6.47. The lowest BCUT2D eigenvalue weighted by Crippen LogP contribution is -1.99. The molecule has 3 rings (SSSR count). The molecule has 3 aromatic rings. The Morgan fingerprint density at radius 1 is 1.15 bits per heavy atom. The van der Waals surface area contributed by atoms with Crippen LogP contribution >= 0.6 is 0 Å². The van der Waals surface area contributed by atoms with Crippen molar-refractivity contribution in [3.05, 3.63) is 60.6 Å². The van der Waals surface area contributed by atoms with E-state index < -0.39 is 0 Å². The Hall–Kier alpha value is -2.62. The van der Waals surface area contributed by atoms with Crippen LogP contribution < -0.4 is 5.32 Å². The Balaban J connectivity index is 2.10. The van der Waals surface area contributed by atoms with Crippen LogP contribution in [0.1, 0.15) is 11.1 Å². The molecule has 0 fully saturated rings. The molecule has 2 heterocycles. The van der Waals surface area contributed by atoms with Gasteiger partial charge in [0.15, 0.2) is 0 Å². The monoisotopic (exact) mass is 264 g/mol. The highest BCUT2D eigenvalue weighted by molar-refractivity contribution is 5.90. The number of fused-ring (bicyclic) bond motifs is 1. The zero-order valence-corrected chi connectivity index (χ0v) is 11.6. The minimum absolute atomic E-state index is 0.824. The molecule has 4 heteroatoms. The average Bonchev–Trinajstić information content (AvgIpc) is 2.91. The lowest BCUT2D eigenvalue weighted by molar-refractivity contribution is 1.10. The molecule has 0 radical (unpaired) electrons. The van der Waals surface area contributed by atoms with E-state index in [1.807, 2.05) is 23.9 Å². The average molecular weight is 264 g/mol. The van der Waals surface area contributed by atoms with Crippen LogP contribution in [-0.4, -0.2) is 21.6 Å². The lowest BCUT2D eigenvalue weighted by Gasteiger charge is -2.09. The summed E-state index contributed by atoms with van der Waals surface area (Å²) in [4.78, 5) is 8.58. The van der Waals surface area contributed by atoms with Gasteiger partial charge in [-0.25, -0.2) is 9.97 Å². The summed E-state index contributed by atoms with van der Waals surface area (Å²) in [5.41, 5.74) is 4.08. The number of nitrogens with zero attached hydrogens (tertiary/aromatic N) is 3. The molecule has 20 heavy (non-hydrogen) atoms. The van der Waals surface area contributed by atoms with Gasteiger partial charge in [-0.15, -0.1) is 0 Å². The van der Waals surface area contributed by atoms with Crippen LogP contribution in [0.5, 0.6) is 0 Å². The van der Waals surface area contributed by atoms with Crippen LogP contribution in [0.25, 0.3) is 16.7 Å². The third-order valence-electron chi connectivity index (χ3n) is 3.39. The van der Waals surface area contributed by atoms with E-state index in [2.05, 4.69) is 53.1 Å². The van der Waals surface area contributed by atoms with E-state index in [-0.39, 0.29) is 0 Å². The number of anilines is 1. The van der Waals surface area contributed by atoms with Gasteiger partial charge in [-0.2, -0.15) is 0 Å². The molecule has 0 bridgehead atoms. The minimum Gasteiger partial charge on any atom is -0.372 e. The maximum atomic E-state index is 4.36. The SMILES string of the molecule is C=C(c1ccc(C)cc1)n1ccc2c(NC)ncnc21. The van der Waals surface area contributed by atoms with Crippen molar-refractivity contribution in [3.8, 4) is 0 Å². The van der Waals surface area contributed by atoms with Gasteiger partial charge < -0.3 is 9.88 Å². The number of hydrogen-bond acceptors (Lipinski definition) is 3. The number of rotatable bonds is 3. The molecule has 1 N–H and O–H groups in total. The van der Waals surface area contributed by atoms with Crippen LogP contribution in [0.15, 0.2) is 49.4 Å². The first-order chi connectivity index (χ1) is 9.70. The molecule has 1 aromatic carbocycles. The fraction of sp³-hybridized carbons (Fsp3) is 0.125. The molecule has 0 saturated heterocycles. The highest BCUT2D eigenvalue weighted by Gasteiger charge is 2.10. The fourth-order valence-electron chi connectivity index (χ4n) is 2.25. The van der Waals surface area contributed by atoms with Gasteiger partial charge in [0.05, 0.1) is 5.39 Å². The summed E-state index contributed by atoms with van der Waals surface area (Å²) < 4.78 is 1.99. The Labute approximate surface area is 117 Å². The molecule has 0 amide bonds. The zero-order valence-electron chi connectivity index (χ0n) is 11.6. The number of aryl methyl sites for hydroxylation is 1. The third-order valence-corrected chi connectivity index (χ3v) is 3.39. The molecule has 100 valence electrons. The first-order valence-corrected chi connectivity index (χ1v) is 6.47. The van der Waals surface area contributed by atoms with E-state index >= 15 is 0 Å². The number of nitrogens with one attached hydrogen (secondary N) is 1. The molecule has 2 aromatic heterocycles. The molecule has 0 aliphatic rings. The summed E-state index contributed by atoms with van der Waals surface area (Å²) in [5, 5.41) is 4.06. The molecule has 0 spiro atoms. The summed E-state index contributed by atoms with van der Waals surface area (Å²) in [6, 6.07) is 10.3. The van der Waals surface area contributed by atoms with Crippen molar-refractivity contribution in [2.24, 2.45) is 0 Å². The van der Waals surface area contributed by atoms with E-state index in [1.165, 1.54) is 5.56 Å². The number of aromatic nitrogens is 3. The van der Waals surface area contributed by atoms with E-state index in [9.17, 15) is 0 Å². The second-order valence-corrected chi connectivity index (χ2v) is 4.71. The highest BCUT2D eigenvalue weighted by Crippen LogP contribution is 2.25. The van der Waals surface area contributed by atoms with Gasteiger partial charge in [0.25, 0.3) is 0 Å². The van der Waals surface area contributed by atoms with Crippen molar-refractivity contribution in [3.63, 3.8) is 0 Å². The number of benzene rings is 1. The molecule has 4 nitrogen and oxygen atoms in total. The largest absolute Gasteiger partial charge is 0.372 e. The van der Waals surface area contributed by atoms with Crippen molar-refractivity contribution in [1.82, 2.24) is 14.5 Å². The fourth-order valence-corrected chi connectivity index (χ4v) is 2.25. The Kier molecular flexibility index (Phi) is 2.99. The minimum atomic E-state index is 0.824. The second kappa shape index (κ2) is 4.81.